The van der Waals surface area contributed by atoms with E-state index in [9.17, 15) is 0 Å². The first-order chi connectivity index (χ1) is 27.2. The number of imidazole rings is 1. The zero-order valence-corrected chi connectivity index (χ0v) is 34.7. The molecule has 0 radical (unpaired) electrons. The van der Waals surface area contributed by atoms with Gasteiger partial charge in [-0.15, -0.1) is 29.7 Å². The van der Waals surface area contributed by atoms with E-state index in [-0.39, 0.29) is 26.5 Å². The minimum atomic E-state index is -0.0767. The molecule has 0 saturated carbocycles. The Labute approximate surface area is 344 Å². The second-order valence-corrected chi connectivity index (χ2v) is 15.9. The predicted molar refractivity (Wildman–Crippen MR) is 226 cm³/mol. The minimum Gasteiger partial charge on any atom is -0.510 e. The molecule has 0 spiro atoms. The van der Waals surface area contributed by atoms with Crippen LogP contribution >= 0.6 is 0 Å². The summed E-state index contributed by atoms with van der Waals surface area (Å²) in [5.41, 5.74) is 10.8. The number of para-hydroxylation sites is 4. The summed E-state index contributed by atoms with van der Waals surface area (Å²) in [5.74, 6) is 2.03. The predicted octanol–water partition coefficient (Wildman–Crippen LogP) is 10.7. The number of aromatic nitrogens is 6. The molecule has 11 aromatic rings. The second kappa shape index (κ2) is 12.7. The number of benzene rings is 6. The Morgan fingerprint density at radius 2 is 1.26 bits per heavy atom. The van der Waals surface area contributed by atoms with Gasteiger partial charge in [0.25, 0.3) is 0 Å². The van der Waals surface area contributed by atoms with Crippen molar-refractivity contribution in [1.82, 2.24) is 23.3 Å². The van der Waals surface area contributed by atoms with Crippen molar-refractivity contribution < 1.29 is 30.4 Å². The van der Waals surface area contributed by atoms with Crippen molar-refractivity contribution >= 4 is 76.5 Å². The first-order valence-electron chi connectivity index (χ1n) is 19.0. The fourth-order valence-corrected chi connectivity index (χ4v) is 8.94. The molecule has 0 aliphatic heterocycles. The van der Waals surface area contributed by atoms with Crippen LogP contribution in [0.15, 0.2) is 121 Å². The molecular weight excluding hydrogens is 884 g/mol. The maximum absolute atomic E-state index is 6.67. The van der Waals surface area contributed by atoms with E-state index in [1.165, 1.54) is 49.0 Å². The van der Waals surface area contributed by atoms with Crippen LogP contribution in [0.4, 0.5) is 0 Å². The summed E-state index contributed by atoms with van der Waals surface area (Å²) < 4.78 is 17.7. The summed E-state index contributed by atoms with van der Waals surface area (Å²) in [6.45, 7) is 6.74. The molecule has 57 heavy (non-hydrogen) atoms. The molecule has 5 aromatic heterocycles. The van der Waals surface area contributed by atoms with Gasteiger partial charge in [0, 0.05) is 85.4 Å². The molecule has 0 N–H and O–H groups in total. The van der Waals surface area contributed by atoms with E-state index in [4.69, 9.17) is 9.72 Å². The third-order valence-electron chi connectivity index (χ3n) is 11.6. The van der Waals surface area contributed by atoms with Gasteiger partial charge in [0.15, 0.2) is 0 Å². The second-order valence-electron chi connectivity index (χ2n) is 15.9. The summed E-state index contributed by atoms with van der Waals surface area (Å²) in [5, 5.41) is 7.15. The number of aryl methyl sites for hydroxylation is 3. The molecule has 5 heterocycles. The van der Waals surface area contributed by atoms with Crippen LogP contribution in [0.25, 0.3) is 88.0 Å². The van der Waals surface area contributed by atoms with Gasteiger partial charge in [-0.05, 0) is 40.6 Å². The molecule has 0 unspecified atom stereocenters. The van der Waals surface area contributed by atoms with E-state index in [1.54, 1.807) is 0 Å². The number of nitrogens with zero attached hydrogens (tertiary/aromatic N) is 6. The number of hydrogen-bond acceptors (Lipinski definition) is 2. The van der Waals surface area contributed by atoms with Gasteiger partial charge in [0.2, 0.25) is 6.33 Å². The van der Waals surface area contributed by atoms with Crippen molar-refractivity contribution in [3.05, 3.63) is 145 Å². The van der Waals surface area contributed by atoms with Gasteiger partial charge in [-0.2, -0.15) is 18.2 Å². The van der Waals surface area contributed by atoms with E-state index in [1.807, 2.05) is 58.8 Å². The maximum Gasteiger partial charge on any atom is 0.242 e. The van der Waals surface area contributed by atoms with E-state index >= 15 is 0 Å². The van der Waals surface area contributed by atoms with Crippen LogP contribution in [0.5, 0.6) is 11.5 Å². The Kier molecular flexibility index (Phi) is 7.84. The Balaban J connectivity index is 0.00000396. The minimum absolute atomic E-state index is 0. The first kappa shape index (κ1) is 35.3. The number of rotatable bonds is 4. The van der Waals surface area contributed by atoms with E-state index < -0.39 is 0 Å². The largest absolute Gasteiger partial charge is 0.510 e. The molecule has 0 aliphatic carbocycles. The van der Waals surface area contributed by atoms with Crippen molar-refractivity contribution in [3.63, 3.8) is 0 Å². The van der Waals surface area contributed by atoms with Gasteiger partial charge in [-0.25, -0.2) is 4.98 Å². The maximum atomic E-state index is 6.67. The summed E-state index contributed by atoms with van der Waals surface area (Å²) in [7, 11) is 6.39. The van der Waals surface area contributed by atoms with Crippen LogP contribution in [-0.2, 0) is 47.6 Å². The topological polar surface area (TPSA) is 45.7 Å². The Morgan fingerprint density at radius 3 is 2.02 bits per heavy atom. The van der Waals surface area contributed by atoms with Crippen LogP contribution in [0.1, 0.15) is 26.3 Å². The van der Waals surface area contributed by atoms with Crippen molar-refractivity contribution in [2.24, 2.45) is 21.1 Å². The van der Waals surface area contributed by atoms with Crippen LogP contribution < -0.4 is 9.30 Å². The fraction of sp³-hybridized carbons (Fsp3) is 0.143. The summed E-state index contributed by atoms with van der Waals surface area (Å²) in [6, 6.07) is 47.6. The molecule has 0 aliphatic rings. The summed E-state index contributed by atoms with van der Waals surface area (Å²) in [4.78, 5) is 5.09. The number of pyridine rings is 1. The van der Waals surface area contributed by atoms with Crippen LogP contribution in [0.2, 0.25) is 0 Å². The Hall–Kier alpha value is -6.17. The third kappa shape index (κ3) is 5.08. The van der Waals surface area contributed by atoms with Crippen molar-refractivity contribution in [1.29, 1.82) is 0 Å². The normalized spacial score (nSPS) is 12.2. The van der Waals surface area contributed by atoms with Gasteiger partial charge in [-0.3, -0.25) is 0 Å². The molecule has 0 fully saturated rings. The zero-order valence-electron chi connectivity index (χ0n) is 32.5. The Morgan fingerprint density at radius 1 is 0.614 bits per heavy atom. The molecule has 0 atom stereocenters. The zero-order chi connectivity index (χ0) is 38.0. The molecule has 0 bridgehead atoms. The van der Waals surface area contributed by atoms with E-state index in [0.29, 0.717) is 11.5 Å². The van der Waals surface area contributed by atoms with Crippen molar-refractivity contribution in [3.8, 4) is 23.0 Å². The standard InChI is InChI=1S/C49H38N6O.Pt/c1-49(2,3)30-24-25-50-42(26-30)55-41-28-33(56-32-15-13-14-31(27-32)54-29-51(4)39-20-11-12-21-40(39)54)22-23-36(41)44-43-34-16-7-9-18-37(34)52(5)46(43)45-35-17-8-10-19-38(35)53(6)47(45)48(44)55;/h7-26H,1-6H3;/q-2;. The molecular formula is C49H38N6OPt-2. The quantitative estimate of drug-likeness (QED) is 0.130. The van der Waals surface area contributed by atoms with E-state index in [0.717, 1.165) is 44.5 Å². The summed E-state index contributed by atoms with van der Waals surface area (Å²) >= 11 is 0. The SMILES string of the molecule is Cn1[c-][n+](-c2[c-]c(Oc3[c-]c4c(cc3)c3c5c6ccccc6n(C)c5c5c6ccccc6n(C)c5c3n4-c3cc(C(C)(C)C)ccn3)ccc2)c2ccccc21.[Pt]. The fourth-order valence-electron chi connectivity index (χ4n) is 8.94. The van der Waals surface area contributed by atoms with Gasteiger partial charge in [0.1, 0.15) is 5.82 Å². The number of fused-ring (bicyclic) bond motifs is 13. The smallest absolute Gasteiger partial charge is 0.242 e. The van der Waals surface area contributed by atoms with Gasteiger partial charge < -0.3 is 27.6 Å². The number of hydrogen-bond donors (Lipinski definition) is 0. The molecule has 7 nitrogen and oxygen atoms in total. The number of ether oxygens (including phenoxy) is 1. The molecule has 6 aromatic carbocycles. The van der Waals surface area contributed by atoms with Crippen molar-refractivity contribution in [2.75, 3.05) is 0 Å². The molecule has 8 heteroatoms. The first-order valence-corrected chi connectivity index (χ1v) is 19.0. The van der Waals surface area contributed by atoms with Crippen LogP contribution in [0.3, 0.4) is 0 Å². The van der Waals surface area contributed by atoms with Gasteiger partial charge >= 0.3 is 0 Å². The Bertz CT molecular complexity index is 3430. The van der Waals surface area contributed by atoms with Crippen molar-refractivity contribution in [2.45, 2.75) is 26.2 Å². The molecule has 282 valence electrons. The van der Waals surface area contributed by atoms with E-state index in [2.05, 4.69) is 146 Å². The van der Waals surface area contributed by atoms with Crippen LogP contribution in [0, 0.1) is 18.5 Å². The molecule has 0 amide bonds. The average molecular weight is 922 g/mol. The molecule has 0 saturated heterocycles. The average Bonchev–Trinajstić information content (AvgIpc) is 3.91. The van der Waals surface area contributed by atoms with Gasteiger partial charge in [0.05, 0.1) is 34.6 Å². The monoisotopic (exact) mass is 921 g/mol. The summed E-state index contributed by atoms with van der Waals surface area (Å²) in [6.07, 6.45) is 5.36. The molecule has 11 rings (SSSR count). The van der Waals surface area contributed by atoms with Crippen LogP contribution in [-0.4, -0.2) is 23.3 Å². The van der Waals surface area contributed by atoms with Gasteiger partial charge in [-0.1, -0.05) is 92.6 Å². The third-order valence-corrected chi connectivity index (χ3v) is 11.6.